The fourth-order valence-electron chi connectivity index (χ4n) is 3.53. The predicted octanol–water partition coefficient (Wildman–Crippen LogP) is 4.09. The number of hydrogen-bond donors (Lipinski definition) is 1. The summed E-state index contributed by atoms with van der Waals surface area (Å²) in [6.07, 6.45) is 1.89. The minimum Gasteiger partial charge on any atom is -0.486 e. The molecule has 6 nitrogen and oxygen atoms in total. The van der Waals surface area contributed by atoms with Gasteiger partial charge in [-0.25, -0.2) is 0 Å². The first-order chi connectivity index (χ1) is 14.1. The molecule has 1 atom stereocenters. The SMILES string of the molecule is CC1CCC(=O)N1c1ccc(NC(=O)CCSc2ccc3c(c2)OCCO3)cc1. The zero-order valence-corrected chi connectivity index (χ0v) is 17.2. The van der Waals surface area contributed by atoms with Gasteiger partial charge in [0.15, 0.2) is 11.5 Å². The molecular formula is C22H24N2O4S. The Balaban J connectivity index is 1.26. The molecule has 0 saturated carbocycles. The van der Waals surface area contributed by atoms with Gasteiger partial charge in [-0.1, -0.05) is 0 Å². The zero-order chi connectivity index (χ0) is 20.2. The number of anilines is 2. The molecule has 0 bridgehead atoms. The van der Waals surface area contributed by atoms with Crippen LogP contribution in [0.3, 0.4) is 0 Å². The summed E-state index contributed by atoms with van der Waals surface area (Å²) in [6.45, 7) is 3.20. The zero-order valence-electron chi connectivity index (χ0n) is 16.3. The lowest BCUT2D eigenvalue weighted by atomic mass is 10.2. The Bertz CT molecular complexity index is 900. The van der Waals surface area contributed by atoms with Crippen LogP contribution in [0.25, 0.3) is 0 Å². The van der Waals surface area contributed by atoms with Gasteiger partial charge in [0.25, 0.3) is 0 Å². The summed E-state index contributed by atoms with van der Waals surface area (Å²) in [5, 5.41) is 2.92. The Morgan fingerprint density at radius 2 is 1.90 bits per heavy atom. The highest BCUT2D eigenvalue weighted by molar-refractivity contribution is 7.99. The molecule has 1 saturated heterocycles. The highest BCUT2D eigenvalue weighted by Crippen LogP contribution is 2.34. The molecule has 0 radical (unpaired) electrons. The van der Waals surface area contributed by atoms with Crippen LogP contribution in [0, 0.1) is 0 Å². The number of fused-ring (bicyclic) bond motifs is 1. The van der Waals surface area contributed by atoms with Crippen molar-refractivity contribution >= 4 is 35.0 Å². The molecule has 29 heavy (non-hydrogen) atoms. The highest BCUT2D eigenvalue weighted by atomic mass is 32.2. The third-order valence-corrected chi connectivity index (χ3v) is 6.02. The van der Waals surface area contributed by atoms with Crippen molar-refractivity contribution in [3.63, 3.8) is 0 Å². The second kappa shape index (κ2) is 8.78. The maximum absolute atomic E-state index is 12.2. The molecule has 7 heteroatoms. The molecule has 1 unspecified atom stereocenters. The van der Waals surface area contributed by atoms with Crippen molar-refractivity contribution in [2.75, 3.05) is 29.2 Å². The van der Waals surface area contributed by atoms with Gasteiger partial charge in [0.2, 0.25) is 11.8 Å². The first-order valence-corrected chi connectivity index (χ1v) is 10.8. The van der Waals surface area contributed by atoms with Gasteiger partial charge in [-0.15, -0.1) is 11.8 Å². The fourth-order valence-corrected chi connectivity index (χ4v) is 4.41. The van der Waals surface area contributed by atoms with E-state index in [9.17, 15) is 9.59 Å². The molecule has 1 fully saturated rings. The van der Waals surface area contributed by atoms with Crippen molar-refractivity contribution in [1.29, 1.82) is 0 Å². The molecule has 2 aliphatic heterocycles. The molecule has 152 valence electrons. The number of amides is 2. The van der Waals surface area contributed by atoms with Gasteiger partial charge in [0, 0.05) is 40.9 Å². The molecule has 0 aromatic heterocycles. The second-order valence-corrected chi connectivity index (χ2v) is 8.32. The monoisotopic (exact) mass is 412 g/mol. The lowest BCUT2D eigenvalue weighted by Crippen LogP contribution is -2.30. The number of nitrogens with zero attached hydrogens (tertiary/aromatic N) is 1. The van der Waals surface area contributed by atoms with E-state index in [4.69, 9.17) is 9.47 Å². The number of ether oxygens (including phenoxy) is 2. The van der Waals surface area contributed by atoms with Gasteiger partial charge in [0.05, 0.1) is 0 Å². The summed E-state index contributed by atoms with van der Waals surface area (Å²) in [5.74, 6) is 2.32. The number of nitrogens with one attached hydrogen (secondary N) is 1. The minimum absolute atomic E-state index is 0.0339. The number of benzene rings is 2. The molecule has 2 aromatic rings. The summed E-state index contributed by atoms with van der Waals surface area (Å²) in [5.41, 5.74) is 1.62. The van der Waals surface area contributed by atoms with E-state index < -0.39 is 0 Å². The standard InChI is InChI=1S/C22H24N2O4S/c1-15-2-9-22(26)24(15)17-5-3-16(4-6-17)23-21(25)10-13-29-18-7-8-19-20(14-18)28-12-11-27-19/h3-8,14-15H,2,9-13H2,1H3,(H,23,25). The third-order valence-electron chi connectivity index (χ3n) is 5.03. The summed E-state index contributed by atoms with van der Waals surface area (Å²) >= 11 is 1.61. The van der Waals surface area contributed by atoms with Gasteiger partial charge in [-0.3, -0.25) is 9.59 Å². The quantitative estimate of drug-likeness (QED) is 0.724. The van der Waals surface area contributed by atoms with Crippen LogP contribution >= 0.6 is 11.8 Å². The van der Waals surface area contributed by atoms with E-state index in [1.165, 1.54) is 0 Å². The van der Waals surface area contributed by atoms with E-state index in [2.05, 4.69) is 12.2 Å². The van der Waals surface area contributed by atoms with Crippen LogP contribution in [-0.2, 0) is 9.59 Å². The van der Waals surface area contributed by atoms with Crippen molar-refractivity contribution in [1.82, 2.24) is 0 Å². The Hall–Kier alpha value is -2.67. The molecular weight excluding hydrogens is 388 g/mol. The van der Waals surface area contributed by atoms with Gasteiger partial charge < -0.3 is 19.7 Å². The van der Waals surface area contributed by atoms with Crippen LogP contribution in [-0.4, -0.2) is 36.8 Å². The fraction of sp³-hybridized carbons (Fsp3) is 0.364. The first-order valence-electron chi connectivity index (χ1n) is 9.84. The van der Waals surface area contributed by atoms with Crippen molar-refractivity contribution in [3.8, 4) is 11.5 Å². The Morgan fingerprint density at radius 1 is 1.14 bits per heavy atom. The Labute approximate surface area is 174 Å². The van der Waals surface area contributed by atoms with Crippen LogP contribution < -0.4 is 19.7 Å². The normalized spacial score (nSPS) is 18.0. The Kier molecular flexibility index (Phi) is 5.94. The summed E-state index contributed by atoms with van der Waals surface area (Å²) < 4.78 is 11.1. The van der Waals surface area contributed by atoms with E-state index >= 15 is 0 Å². The summed E-state index contributed by atoms with van der Waals surface area (Å²) in [4.78, 5) is 27.1. The van der Waals surface area contributed by atoms with E-state index in [0.717, 1.165) is 34.2 Å². The van der Waals surface area contributed by atoms with Gasteiger partial charge in [-0.2, -0.15) is 0 Å². The van der Waals surface area contributed by atoms with Crippen molar-refractivity contribution in [2.24, 2.45) is 0 Å². The minimum atomic E-state index is -0.0339. The molecule has 4 rings (SSSR count). The topological polar surface area (TPSA) is 67.9 Å². The van der Waals surface area contributed by atoms with Crippen LogP contribution in [0.1, 0.15) is 26.2 Å². The summed E-state index contributed by atoms with van der Waals surface area (Å²) in [6, 6.07) is 13.5. The van der Waals surface area contributed by atoms with Crippen LogP contribution in [0.15, 0.2) is 47.4 Å². The van der Waals surface area contributed by atoms with Crippen molar-refractivity contribution in [3.05, 3.63) is 42.5 Å². The van der Waals surface area contributed by atoms with E-state index in [1.807, 2.05) is 47.4 Å². The lowest BCUT2D eigenvalue weighted by molar-refractivity contribution is -0.117. The maximum Gasteiger partial charge on any atom is 0.227 e. The summed E-state index contributed by atoms with van der Waals surface area (Å²) in [7, 11) is 0. The number of carbonyl (C=O) groups is 2. The van der Waals surface area contributed by atoms with Crippen molar-refractivity contribution in [2.45, 2.75) is 37.1 Å². The van der Waals surface area contributed by atoms with E-state index in [-0.39, 0.29) is 17.9 Å². The average molecular weight is 413 g/mol. The van der Waals surface area contributed by atoms with Gasteiger partial charge >= 0.3 is 0 Å². The van der Waals surface area contributed by atoms with Crippen LogP contribution in [0.2, 0.25) is 0 Å². The number of rotatable bonds is 6. The molecule has 2 amide bonds. The molecule has 1 N–H and O–H groups in total. The van der Waals surface area contributed by atoms with E-state index in [1.54, 1.807) is 11.8 Å². The van der Waals surface area contributed by atoms with Crippen molar-refractivity contribution < 1.29 is 19.1 Å². The van der Waals surface area contributed by atoms with Crippen LogP contribution in [0.4, 0.5) is 11.4 Å². The lowest BCUT2D eigenvalue weighted by Gasteiger charge is -2.22. The Morgan fingerprint density at radius 3 is 2.62 bits per heavy atom. The average Bonchev–Trinajstić information content (AvgIpc) is 3.07. The van der Waals surface area contributed by atoms with E-state index in [0.29, 0.717) is 31.8 Å². The first kappa shape index (κ1) is 19.6. The second-order valence-electron chi connectivity index (χ2n) is 7.15. The predicted molar refractivity (Wildman–Crippen MR) is 114 cm³/mol. The van der Waals surface area contributed by atoms with Crippen LogP contribution in [0.5, 0.6) is 11.5 Å². The number of hydrogen-bond acceptors (Lipinski definition) is 5. The smallest absolute Gasteiger partial charge is 0.227 e. The third kappa shape index (κ3) is 4.67. The number of thioether (sulfide) groups is 1. The molecule has 0 spiro atoms. The largest absolute Gasteiger partial charge is 0.486 e. The molecule has 2 aromatic carbocycles. The maximum atomic E-state index is 12.2. The highest BCUT2D eigenvalue weighted by Gasteiger charge is 2.28. The van der Waals surface area contributed by atoms with Gasteiger partial charge in [-0.05, 0) is 55.8 Å². The molecule has 0 aliphatic carbocycles. The molecule has 2 aliphatic rings. The molecule has 2 heterocycles. The van der Waals surface area contributed by atoms with Gasteiger partial charge in [0.1, 0.15) is 13.2 Å². The number of carbonyl (C=O) groups excluding carboxylic acids is 2.